The molecule has 1 N–H and O–H groups in total. The van der Waals surface area contributed by atoms with Crippen molar-refractivity contribution in [2.75, 3.05) is 39.7 Å². The second-order valence-electron chi connectivity index (χ2n) is 6.24. The van der Waals surface area contributed by atoms with Crippen molar-refractivity contribution in [1.82, 2.24) is 4.90 Å². The smallest absolute Gasteiger partial charge is 0.322 e. The summed E-state index contributed by atoms with van der Waals surface area (Å²) in [6.45, 7) is 0.247. The summed E-state index contributed by atoms with van der Waals surface area (Å²) in [5, 5.41) is 2.10. The van der Waals surface area contributed by atoms with Crippen LogP contribution in [0, 0.1) is 0 Å². The molecule has 0 spiro atoms. The van der Waals surface area contributed by atoms with Gasteiger partial charge in [-0.15, -0.1) is 0 Å². The fourth-order valence-electron chi connectivity index (χ4n) is 2.85. The molecule has 9 heteroatoms. The van der Waals surface area contributed by atoms with E-state index in [2.05, 4.69) is 5.32 Å². The van der Waals surface area contributed by atoms with Gasteiger partial charge in [-0.2, -0.15) is 0 Å². The average molecular weight is 406 g/mol. The maximum Gasteiger partial charge on any atom is 0.322 e. The summed E-state index contributed by atoms with van der Waals surface area (Å²) < 4.78 is 40.8. The first-order valence-corrected chi connectivity index (χ1v) is 10.1. The summed E-state index contributed by atoms with van der Waals surface area (Å²) in [5.41, 5.74) is 0.481. The molecule has 1 fully saturated rings. The topological polar surface area (TPSA) is 94.2 Å². The van der Waals surface area contributed by atoms with Gasteiger partial charge in [0.1, 0.15) is 22.5 Å². The Hall–Kier alpha value is -2.94. The van der Waals surface area contributed by atoms with E-state index in [1.807, 2.05) is 0 Å². The van der Waals surface area contributed by atoms with Crippen LogP contribution in [0.2, 0.25) is 0 Å². The van der Waals surface area contributed by atoms with Crippen LogP contribution in [-0.2, 0) is 9.84 Å². The predicted octanol–water partition coefficient (Wildman–Crippen LogP) is 2.40. The SMILES string of the molecule is COc1ccc(S(=O)(=O)C2CN(C(=O)Nc3ccc(OC)cc3OC)C2)cc1. The fourth-order valence-corrected chi connectivity index (χ4v) is 4.51. The molecule has 0 bridgehead atoms. The van der Waals surface area contributed by atoms with Gasteiger partial charge in [0.2, 0.25) is 0 Å². The van der Waals surface area contributed by atoms with E-state index in [0.717, 1.165) is 0 Å². The number of anilines is 1. The number of hydrogen-bond acceptors (Lipinski definition) is 6. The number of methoxy groups -OCH3 is 3. The summed E-state index contributed by atoms with van der Waals surface area (Å²) in [6, 6.07) is 10.9. The van der Waals surface area contributed by atoms with E-state index in [0.29, 0.717) is 22.9 Å². The van der Waals surface area contributed by atoms with E-state index in [1.54, 1.807) is 30.3 Å². The Kier molecular flexibility index (Phi) is 5.64. The van der Waals surface area contributed by atoms with E-state index < -0.39 is 15.1 Å². The molecule has 3 rings (SSSR count). The standard InChI is InChI=1S/C19H22N2O6S/c1-25-13-4-7-15(8-5-13)28(23,24)16-11-21(12-16)19(22)20-17-9-6-14(26-2)10-18(17)27-3/h4-10,16H,11-12H2,1-3H3,(H,20,22). The van der Waals surface area contributed by atoms with Gasteiger partial charge in [0.15, 0.2) is 9.84 Å². The Balaban J connectivity index is 1.63. The van der Waals surface area contributed by atoms with Crippen molar-refractivity contribution in [1.29, 1.82) is 0 Å². The van der Waals surface area contributed by atoms with E-state index in [9.17, 15) is 13.2 Å². The normalized spacial score (nSPS) is 14.2. The molecular weight excluding hydrogens is 384 g/mol. The molecule has 1 aliphatic heterocycles. The molecule has 2 amide bonds. The third kappa shape index (κ3) is 3.84. The molecule has 0 saturated carbocycles. The maximum atomic E-state index is 12.7. The van der Waals surface area contributed by atoms with Gasteiger partial charge < -0.3 is 24.4 Å². The van der Waals surface area contributed by atoms with Crippen LogP contribution in [0.15, 0.2) is 47.4 Å². The molecule has 8 nitrogen and oxygen atoms in total. The van der Waals surface area contributed by atoms with Gasteiger partial charge in [0, 0.05) is 19.2 Å². The molecule has 1 heterocycles. The summed E-state index contributed by atoms with van der Waals surface area (Å²) in [4.78, 5) is 14.1. The van der Waals surface area contributed by atoms with Crippen LogP contribution < -0.4 is 19.5 Å². The van der Waals surface area contributed by atoms with Gasteiger partial charge in [-0.25, -0.2) is 13.2 Å². The molecule has 1 aliphatic rings. The van der Waals surface area contributed by atoms with Crippen LogP contribution in [0.25, 0.3) is 0 Å². The van der Waals surface area contributed by atoms with Gasteiger partial charge in [-0.05, 0) is 36.4 Å². The molecule has 1 saturated heterocycles. The van der Waals surface area contributed by atoms with E-state index in [1.165, 1.54) is 38.4 Å². The third-order valence-electron chi connectivity index (χ3n) is 4.61. The summed E-state index contributed by atoms with van der Waals surface area (Å²) in [6.07, 6.45) is 0. The van der Waals surface area contributed by atoms with Crippen LogP contribution >= 0.6 is 0 Å². The van der Waals surface area contributed by atoms with Gasteiger partial charge in [0.05, 0.1) is 31.9 Å². The molecule has 0 aromatic heterocycles. The van der Waals surface area contributed by atoms with Crippen LogP contribution in [-0.4, -0.2) is 59.0 Å². The van der Waals surface area contributed by atoms with Crippen molar-refractivity contribution in [3.63, 3.8) is 0 Å². The molecule has 0 aliphatic carbocycles. The number of likely N-dealkylation sites (tertiary alicyclic amines) is 1. The molecule has 28 heavy (non-hydrogen) atoms. The first-order chi connectivity index (χ1) is 13.4. The zero-order valence-corrected chi connectivity index (χ0v) is 16.7. The van der Waals surface area contributed by atoms with Crippen molar-refractivity contribution in [2.24, 2.45) is 0 Å². The first kappa shape index (κ1) is 19.8. The van der Waals surface area contributed by atoms with Crippen molar-refractivity contribution in [3.05, 3.63) is 42.5 Å². The van der Waals surface area contributed by atoms with Crippen molar-refractivity contribution < 1.29 is 27.4 Å². The maximum absolute atomic E-state index is 12.7. The average Bonchev–Trinajstić information content (AvgIpc) is 2.66. The van der Waals surface area contributed by atoms with Crippen molar-refractivity contribution >= 4 is 21.6 Å². The highest BCUT2D eigenvalue weighted by atomic mass is 32.2. The Morgan fingerprint density at radius 3 is 2.14 bits per heavy atom. The Labute approximate surface area is 163 Å². The van der Waals surface area contributed by atoms with Crippen LogP contribution in [0.3, 0.4) is 0 Å². The number of urea groups is 1. The molecule has 0 unspecified atom stereocenters. The second kappa shape index (κ2) is 7.97. The molecule has 2 aromatic carbocycles. The molecule has 0 radical (unpaired) electrons. The summed E-state index contributed by atoms with van der Waals surface area (Å²) in [7, 11) is 1.04. The molecule has 0 atom stereocenters. The monoisotopic (exact) mass is 406 g/mol. The lowest BCUT2D eigenvalue weighted by molar-refractivity contribution is 0.182. The lowest BCUT2D eigenvalue weighted by atomic mass is 10.2. The van der Waals surface area contributed by atoms with E-state index in [-0.39, 0.29) is 24.0 Å². The van der Waals surface area contributed by atoms with Crippen LogP contribution in [0.4, 0.5) is 10.5 Å². The third-order valence-corrected chi connectivity index (χ3v) is 6.72. The Bertz CT molecular complexity index is 953. The number of nitrogens with one attached hydrogen (secondary N) is 1. The number of carbonyl (C=O) groups excluding carboxylic acids is 1. The highest BCUT2D eigenvalue weighted by molar-refractivity contribution is 7.92. The Morgan fingerprint density at radius 2 is 1.57 bits per heavy atom. The highest BCUT2D eigenvalue weighted by Gasteiger charge is 2.40. The summed E-state index contributed by atoms with van der Waals surface area (Å²) >= 11 is 0. The fraction of sp³-hybridized carbons (Fsp3) is 0.316. The second-order valence-corrected chi connectivity index (χ2v) is 8.47. The lowest BCUT2D eigenvalue weighted by Crippen LogP contribution is -2.58. The first-order valence-electron chi connectivity index (χ1n) is 8.55. The summed E-state index contributed by atoms with van der Waals surface area (Å²) in [5.74, 6) is 1.64. The van der Waals surface area contributed by atoms with Crippen LogP contribution in [0.1, 0.15) is 0 Å². The number of amides is 2. The number of sulfone groups is 1. The quantitative estimate of drug-likeness (QED) is 0.792. The number of carbonyl (C=O) groups is 1. The van der Waals surface area contributed by atoms with Gasteiger partial charge in [-0.3, -0.25) is 0 Å². The van der Waals surface area contributed by atoms with Crippen molar-refractivity contribution in [2.45, 2.75) is 10.1 Å². The zero-order chi connectivity index (χ0) is 20.3. The number of nitrogens with zero attached hydrogens (tertiary/aromatic N) is 1. The minimum Gasteiger partial charge on any atom is -0.497 e. The number of benzene rings is 2. The number of ether oxygens (including phenoxy) is 3. The highest BCUT2D eigenvalue weighted by Crippen LogP contribution is 2.30. The number of rotatable bonds is 6. The van der Waals surface area contributed by atoms with Gasteiger partial charge in [-0.1, -0.05) is 0 Å². The largest absolute Gasteiger partial charge is 0.497 e. The minimum absolute atomic E-state index is 0.124. The predicted molar refractivity (Wildman–Crippen MR) is 104 cm³/mol. The van der Waals surface area contributed by atoms with Gasteiger partial charge in [0.25, 0.3) is 0 Å². The Morgan fingerprint density at radius 1 is 0.964 bits per heavy atom. The number of hydrogen-bond donors (Lipinski definition) is 1. The zero-order valence-electron chi connectivity index (χ0n) is 15.8. The van der Waals surface area contributed by atoms with E-state index >= 15 is 0 Å². The van der Waals surface area contributed by atoms with Crippen LogP contribution in [0.5, 0.6) is 17.2 Å². The molecule has 2 aromatic rings. The molecule has 150 valence electrons. The molecular formula is C19H22N2O6S. The minimum atomic E-state index is -3.51. The van der Waals surface area contributed by atoms with Gasteiger partial charge >= 0.3 is 6.03 Å². The lowest BCUT2D eigenvalue weighted by Gasteiger charge is -2.38. The van der Waals surface area contributed by atoms with Crippen molar-refractivity contribution in [3.8, 4) is 17.2 Å². The van der Waals surface area contributed by atoms with E-state index in [4.69, 9.17) is 14.2 Å².